The second kappa shape index (κ2) is 13.3. The van der Waals surface area contributed by atoms with Crippen LogP contribution in [0, 0.1) is 5.92 Å². The highest BCUT2D eigenvalue weighted by molar-refractivity contribution is 5.95. The van der Waals surface area contributed by atoms with E-state index in [-0.39, 0.29) is 18.2 Å². The molecule has 1 saturated heterocycles. The number of hydrogen-bond acceptors (Lipinski definition) is 5. The molecule has 0 saturated carbocycles. The van der Waals surface area contributed by atoms with Crippen LogP contribution in [-0.2, 0) is 32.0 Å². The third-order valence-electron chi connectivity index (χ3n) is 8.33. The van der Waals surface area contributed by atoms with Crippen LogP contribution in [-0.4, -0.2) is 74.4 Å². The van der Waals surface area contributed by atoms with Crippen molar-refractivity contribution in [3.8, 4) is 0 Å². The van der Waals surface area contributed by atoms with Crippen molar-refractivity contribution in [3.63, 3.8) is 0 Å². The van der Waals surface area contributed by atoms with E-state index in [1.807, 2.05) is 68.6 Å². The first-order chi connectivity index (χ1) is 21.1. The molecule has 0 aliphatic carbocycles. The van der Waals surface area contributed by atoms with Gasteiger partial charge in [-0.2, -0.15) is 0 Å². The minimum atomic E-state index is -1.17. The number of carboxylic acid groups (broad SMARTS) is 1. The molecule has 4 aromatic rings. The quantitative estimate of drug-likeness (QED) is 0.146. The number of aromatic amines is 2. The van der Waals surface area contributed by atoms with E-state index in [0.29, 0.717) is 32.2 Å². The lowest BCUT2D eigenvalue weighted by molar-refractivity contribution is -0.145. The van der Waals surface area contributed by atoms with Gasteiger partial charge in [0.25, 0.3) is 0 Å². The van der Waals surface area contributed by atoms with Crippen molar-refractivity contribution in [2.45, 2.75) is 70.1 Å². The van der Waals surface area contributed by atoms with Gasteiger partial charge in [-0.1, -0.05) is 50.2 Å². The monoisotopic (exact) mass is 600 g/mol. The summed E-state index contributed by atoms with van der Waals surface area (Å²) in [4.78, 5) is 60.5. The molecule has 3 heterocycles. The predicted molar refractivity (Wildman–Crippen MR) is 168 cm³/mol. The second-order valence-electron chi connectivity index (χ2n) is 12.0. The number of carboxylic acids is 1. The van der Waals surface area contributed by atoms with Crippen molar-refractivity contribution < 1.29 is 24.3 Å². The van der Waals surface area contributed by atoms with Gasteiger partial charge >= 0.3 is 5.97 Å². The second-order valence-corrected chi connectivity index (χ2v) is 12.0. The van der Waals surface area contributed by atoms with E-state index in [1.165, 1.54) is 4.90 Å². The summed E-state index contributed by atoms with van der Waals surface area (Å²) < 4.78 is 0. The fourth-order valence-electron chi connectivity index (χ4n) is 6.09. The van der Waals surface area contributed by atoms with Crippen LogP contribution in [0.1, 0.15) is 44.2 Å². The maximum Gasteiger partial charge on any atom is 0.326 e. The van der Waals surface area contributed by atoms with Gasteiger partial charge < -0.3 is 36.3 Å². The largest absolute Gasteiger partial charge is 0.480 e. The number of nitrogens with zero attached hydrogens (tertiary/aromatic N) is 1. The molecule has 2 aromatic carbocycles. The number of H-pyrrole nitrogens is 2. The Hall–Kier alpha value is -4.64. The maximum atomic E-state index is 13.8. The van der Waals surface area contributed by atoms with Gasteiger partial charge in [0.1, 0.15) is 18.1 Å². The minimum Gasteiger partial charge on any atom is -0.480 e. The minimum absolute atomic E-state index is 0.0801. The number of likely N-dealkylation sites (tertiary alicyclic amines) is 1. The summed E-state index contributed by atoms with van der Waals surface area (Å²) >= 11 is 0. The molecule has 5 rings (SSSR count). The highest BCUT2D eigenvalue weighted by Gasteiger charge is 2.39. The van der Waals surface area contributed by atoms with Crippen LogP contribution >= 0.6 is 0 Å². The Bertz CT molecular complexity index is 1660. The molecule has 44 heavy (non-hydrogen) atoms. The summed E-state index contributed by atoms with van der Waals surface area (Å²) in [6.07, 6.45) is 5.33. The number of benzene rings is 2. The van der Waals surface area contributed by atoms with E-state index in [0.717, 1.165) is 32.9 Å². The molecule has 0 radical (unpaired) electrons. The summed E-state index contributed by atoms with van der Waals surface area (Å²) in [6.45, 7) is 4.24. The number of amides is 3. The highest BCUT2D eigenvalue weighted by Crippen LogP contribution is 2.23. The first kappa shape index (κ1) is 30.8. The SMILES string of the molecule is CC(C)CC(NC(=O)C(N)Cc1c[nH]c2ccccc12)C(=O)N1CCCC1C(=O)NC(Cc1c[nH]c2ccccc12)C(=O)O. The molecule has 3 amide bonds. The van der Waals surface area contributed by atoms with Crippen molar-refractivity contribution >= 4 is 45.5 Å². The van der Waals surface area contributed by atoms with E-state index in [9.17, 15) is 24.3 Å². The van der Waals surface area contributed by atoms with E-state index in [4.69, 9.17) is 5.73 Å². The van der Waals surface area contributed by atoms with Crippen molar-refractivity contribution in [2.75, 3.05) is 6.54 Å². The van der Waals surface area contributed by atoms with Crippen LogP contribution < -0.4 is 16.4 Å². The van der Waals surface area contributed by atoms with Crippen LogP contribution in [0.4, 0.5) is 0 Å². The first-order valence-corrected chi connectivity index (χ1v) is 15.1. The van der Waals surface area contributed by atoms with Gasteiger partial charge in [-0.3, -0.25) is 14.4 Å². The van der Waals surface area contributed by atoms with Gasteiger partial charge in [0.2, 0.25) is 17.7 Å². The molecule has 1 fully saturated rings. The summed E-state index contributed by atoms with van der Waals surface area (Å²) in [6, 6.07) is 11.6. The standard InChI is InChI=1S/C33H40N6O5/c1-19(2)14-27(37-30(40)24(34)15-20-17-35-25-10-5-3-8-22(20)25)32(42)39-13-7-12-29(39)31(41)38-28(33(43)44)16-21-18-36-26-11-6-4-9-23(21)26/h3-6,8-11,17-19,24,27-29,35-36H,7,12-16,34H2,1-2H3,(H,37,40)(H,38,41)(H,43,44). The Labute approximate surface area is 255 Å². The van der Waals surface area contributed by atoms with Gasteiger partial charge in [0.15, 0.2) is 0 Å². The molecular formula is C33H40N6O5. The number of carbonyl (C=O) groups is 4. The Morgan fingerprint density at radius 1 is 0.909 bits per heavy atom. The van der Waals surface area contributed by atoms with E-state index >= 15 is 0 Å². The Morgan fingerprint density at radius 2 is 1.50 bits per heavy atom. The lowest BCUT2D eigenvalue weighted by Crippen LogP contribution is -2.57. The van der Waals surface area contributed by atoms with E-state index < -0.39 is 42.0 Å². The van der Waals surface area contributed by atoms with Gasteiger partial charge in [0.05, 0.1) is 6.04 Å². The van der Waals surface area contributed by atoms with Gasteiger partial charge in [-0.15, -0.1) is 0 Å². The topological polar surface area (TPSA) is 173 Å². The smallest absolute Gasteiger partial charge is 0.326 e. The molecule has 2 aromatic heterocycles. The third kappa shape index (κ3) is 6.78. The maximum absolute atomic E-state index is 13.8. The normalized spacial score (nSPS) is 17.1. The van der Waals surface area contributed by atoms with E-state index in [2.05, 4.69) is 20.6 Å². The zero-order valence-electron chi connectivity index (χ0n) is 25.0. The number of nitrogens with two attached hydrogens (primary N) is 1. The van der Waals surface area contributed by atoms with Crippen LogP contribution in [0.2, 0.25) is 0 Å². The molecule has 4 atom stereocenters. The number of aliphatic carboxylic acids is 1. The summed E-state index contributed by atoms with van der Waals surface area (Å²) in [5.41, 5.74) is 9.82. The Balaban J connectivity index is 1.25. The lowest BCUT2D eigenvalue weighted by atomic mass is 10.00. The van der Waals surface area contributed by atoms with Crippen molar-refractivity contribution in [1.29, 1.82) is 0 Å². The average molecular weight is 601 g/mol. The molecule has 7 N–H and O–H groups in total. The summed E-state index contributed by atoms with van der Waals surface area (Å²) in [7, 11) is 0. The number of hydrogen-bond donors (Lipinski definition) is 6. The first-order valence-electron chi connectivity index (χ1n) is 15.1. The molecule has 232 valence electrons. The Kier molecular flexibility index (Phi) is 9.34. The number of aromatic nitrogens is 2. The molecule has 0 spiro atoms. The van der Waals surface area contributed by atoms with Crippen molar-refractivity contribution in [1.82, 2.24) is 25.5 Å². The Morgan fingerprint density at radius 3 is 2.09 bits per heavy atom. The van der Waals surface area contributed by atoms with Crippen LogP contribution in [0.15, 0.2) is 60.9 Å². The van der Waals surface area contributed by atoms with E-state index in [1.54, 1.807) is 6.20 Å². The van der Waals surface area contributed by atoms with Crippen molar-refractivity contribution in [2.24, 2.45) is 11.7 Å². The summed E-state index contributed by atoms with van der Waals surface area (Å²) in [5, 5.41) is 17.3. The molecular weight excluding hydrogens is 560 g/mol. The molecule has 1 aliphatic heterocycles. The fraction of sp³-hybridized carbons (Fsp3) is 0.394. The van der Waals surface area contributed by atoms with Crippen LogP contribution in [0.5, 0.6) is 0 Å². The number of fused-ring (bicyclic) bond motifs is 2. The average Bonchev–Trinajstić information content (AvgIpc) is 3.75. The summed E-state index contributed by atoms with van der Waals surface area (Å²) in [5.74, 6) is -2.41. The molecule has 0 bridgehead atoms. The molecule has 1 aliphatic rings. The number of carbonyl (C=O) groups excluding carboxylic acids is 3. The number of para-hydroxylation sites is 2. The molecule has 11 nitrogen and oxygen atoms in total. The lowest BCUT2D eigenvalue weighted by Gasteiger charge is -2.30. The fourth-order valence-corrected chi connectivity index (χ4v) is 6.09. The van der Waals surface area contributed by atoms with Crippen LogP contribution in [0.25, 0.3) is 21.8 Å². The van der Waals surface area contributed by atoms with Gasteiger partial charge in [-0.25, -0.2) is 4.79 Å². The third-order valence-corrected chi connectivity index (χ3v) is 8.33. The van der Waals surface area contributed by atoms with Gasteiger partial charge in [0, 0.05) is 47.2 Å². The molecule has 11 heteroatoms. The zero-order valence-corrected chi connectivity index (χ0v) is 25.0. The number of rotatable bonds is 12. The van der Waals surface area contributed by atoms with Gasteiger partial charge in [-0.05, 0) is 54.9 Å². The van der Waals surface area contributed by atoms with Crippen LogP contribution in [0.3, 0.4) is 0 Å². The molecule has 4 unspecified atom stereocenters. The predicted octanol–water partition coefficient (Wildman–Crippen LogP) is 2.85. The van der Waals surface area contributed by atoms with Crippen molar-refractivity contribution in [3.05, 3.63) is 72.1 Å². The number of nitrogens with one attached hydrogen (secondary N) is 4. The zero-order chi connectivity index (χ0) is 31.4. The highest BCUT2D eigenvalue weighted by atomic mass is 16.4.